The van der Waals surface area contributed by atoms with Gasteiger partial charge in [-0.3, -0.25) is 9.20 Å². The highest BCUT2D eigenvalue weighted by molar-refractivity contribution is 7.23. The van der Waals surface area contributed by atoms with Crippen molar-refractivity contribution in [3.63, 3.8) is 0 Å². The van der Waals surface area contributed by atoms with Crippen molar-refractivity contribution >= 4 is 32.3 Å². The third-order valence-corrected chi connectivity index (χ3v) is 9.21. The van der Waals surface area contributed by atoms with Crippen LogP contribution < -0.4 is 5.32 Å². The lowest BCUT2D eigenvalue weighted by Gasteiger charge is -2.34. The zero-order valence-electron chi connectivity index (χ0n) is 21.8. The van der Waals surface area contributed by atoms with Crippen LogP contribution in [0.25, 0.3) is 26.4 Å². The highest BCUT2D eigenvalue weighted by Crippen LogP contribution is 2.33. The van der Waals surface area contributed by atoms with Gasteiger partial charge in [0.15, 0.2) is 10.7 Å². The Morgan fingerprint density at radius 2 is 2.08 bits per heavy atom. The summed E-state index contributed by atoms with van der Waals surface area (Å²) >= 11 is 1.52. The third-order valence-electron chi connectivity index (χ3n) is 8.20. The van der Waals surface area contributed by atoms with E-state index in [0.29, 0.717) is 30.5 Å². The van der Waals surface area contributed by atoms with Crippen LogP contribution in [0.1, 0.15) is 73.8 Å². The van der Waals surface area contributed by atoms with E-state index in [2.05, 4.69) is 17.1 Å². The SMILES string of the molecule is CC1CC(F)CCN1CCCCC(=O)c1ccc2c(c1)sc1nc(-c3ccc([C@@H]4CCCN4)cc3F)cn12. The molecule has 3 atom stereocenters. The van der Waals surface area contributed by atoms with Gasteiger partial charge in [-0.05, 0) is 94.4 Å². The molecule has 0 radical (unpaired) electrons. The fourth-order valence-corrected chi connectivity index (χ4v) is 7.02. The average Bonchev–Trinajstić information content (AvgIpc) is 3.64. The van der Waals surface area contributed by atoms with Gasteiger partial charge in [0.25, 0.3) is 0 Å². The van der Waals surface area contributed by atoms with E-state index < -0.39 is 6.17 Å². The molecule has 0 aliphatic carbocycles. The minimum Gasteiger partial charge on any atom is -0.310 e. The topological polar surface area (TPSA) is 49.6 Å². The Morgan fingerprint density at radius 3 is 2.87 bits per heavy atom. The number of Topliss-reactive ketones (excluding diaryl/α,β-unsaturated/α-hetero) is 1. The summed E-state index contributed by atoms with van der Waals surface area (Å²) in [5, 5.41) is 3.42. The fraction of sp³-hybridized carbons (Fsp3) is 0.467. The van der Waals surface area contributed by atoms with Gasteiger partial charge in [0.05, 0.1) is 15.9 Å². The lowest BCUT2D eigenvalue weighted by Crippen LogP contribution is -2.41. The standard InChI is InChI=1S/C30H34F2N4OS/c1-19-15-22(31)11-14-35(19)13-3-2-6-28(37)21-8-10-27-29(17-21)38-30-34-26(18-36(27)30)23-9-7-20(16-24(23)32)25-5-4-12-33-25/h7-10,16-19,22,25,33H,2-6,11-15H2,1H3/t19?,22?,25-/m0/s1. The molecule has 4 aromatic rings. The van der Waals surface area contributed by atoms with Crippen LogP contribution in [-0.4, -0.2) is 51.9 Å². The lowest BCUT2D eigenvalue weighted by atomic mass is 10.0. The van der Waals surface area contributed by atoms with Crippen LogP contribution in [0.15, 0.2) is 42.6 Å². The predicted octanol–water partition coefficient (Wildman–Crippen LogP) is 6.96. The highest BCUT2D eigenvalue weighted by Gasteiger charge is 2.24. The number of carbonyl (C=O) groups excluding carboxylic acids is 1. The quantitative estimate of drug-likeness (QED) is 0.195. The third kappa shape index (κ3) is 5.14. The monoisotopic (exact) mass is 536 g/mol. The van der Waals surface area contributed by atoms with E-state index in [9.17, 15) is 9.18 Å². The number of benzene rings is 2. The van der Waals surface area contributed by atoms with Gasteiger partial charge in [0, 0.05) is 42.4 Å². The molecule has 38 heavy (non-hydrogen) atoms. The Balaban J connectivity index is 1.11. The molecule has 2 aromatic carbocycles. The maximum atomic E-state index is 15.0. The van der Waals surface area contributed by atoms with Gasteiger partial charge in [0.1, 0.15) is 12.0 Å². The number of fused-ring (bicyclic) bond motifs is 3. The highest BCUT2D eigenvalue weighted by atomic mass is 32.1. The molecule has 8 heteroatoms. The van der Waals surface area contributed by atoms with E-state index in [4.69, 9.17) is 4.98 Å². The Labute approximate surface area is 225 Å². The van der Waals surface area contributed by atoms with Crippen molar-refractivity contribution in [2.24, 2.45) is 0 Å². The van der Waals surface area contributed by atoms with Gasteiger partial charge in [-0.1, -0.05) is 17.4 Å². The maximum absolute atomic E-state index is 15.0. The second-order valence-corrected chi connectivity index (χ2v) is 11.8. The van der Waals surface area contributed by atoms with E-state index in [-0.39, 0.29) is 23.7 Å². The number of aromatic nitrogens is 2. The van der Waals surface area contributed by atoms with E-state index in [1.165, 1.54) is 11.3 Å². The summed E-state index contributed by atoms with van der Waals surface area (Å²) in [7, 11) is 0. The molecular formula is C30H34F2N4OS. The number of piperidine rings is 1. The first-order valence-electron chi connectivity index (χ1n) is 13.8. The number of nitrogens with one attached hydrogen (secondary N) is 1. The normalized spacial score (nSPS) is 22.6. The van der Waals surface area contributed by atoms with Crippen molar-refractivity contribution in [2.75, 3.05) is 19.6 Å². The van der Waals surface area contributed by atoms with Gasteiger partial charge in [-0.15, -0.1) is 0 Å². The van der Waals surface area contributed by atoms with Crippen LogP contribution in [0, 0.1) is 5.82 Å². The molecule has 2 saturated heterocycles. The van der Waals surface area contributed by atoms with Gasteiger partial charge in [-0.25, -0.2) is 13.8 Å². The molecular weight excluding hydrogens is 502 g/mol. The molecule has 2 fully saturated rings. The van der Waals surface area contributed by atoms with Crippen LogP contribution in [-0.2, 0) is 0 Å². The number of nitrogens with zero attached hydrogens (tertiary/aromatic N) is 3. The molecule has 0 saturated carbocycles. The molecule has 6 rings (SSSR count). The number of carbonyl (C=O) groups is 1. The van der Waals surface area contributed by atoms with Crippen LogP contribution in [0.2, 0.25) is 0 Å². The van der Waals surface area contributed by atoms with Crippen molar-refractivity contribution in [3.05, 3.63) is 59.5 Å². The molecule has 0 amide bonds. The van der Waals surface area contributed by atoms with Gasteiger partial charge in [0.2, 0.25) is 0 Å². The largest absolute Gasteiger partial charge is 0.310 e. The van der Waals surface area contributed by atoms with Crippen LogP contribution >= 0.6 is 11.3 Å². The van der Waals surface area contributed by atoms with Crippen molar-refractivity contribution in [1.82, 2.24) is 19.6 Å². The number of alkyl halides is 1. The van der Waals surface area contributed by atoms with E-state index in [1.807, 2.05) is 40.9 Å². The van der Waals surface area contributed by atoms with Gasteiger partial charge < -0.3 is 10.2 Å². The minimum atomic E-state index is -0.670. The molecule has 1 N–H and O–H groups in total. The van der Waals surface area contributed by atoms with Crippen molar-refractivity contribution < 1.29 is 13.6 Å². The first-order valence-corrected chi connectivity index (χ1v) is 14.6. The Kier molecular flexibility index (Phi) is 7.29. The number of unbranched alkanes of at least 4 members (excludes halogenated alkanes) is 1. The maximum Gasteiger partial charge on any atom is 0.195 e. The predicted molar refractivity (Wildman–Crippen MR) is 149 cm³/mol. The Bertz CT molecular complexity index is 1460. The average molecular weight is 537 g/mol. The molecule has 5 nitrogen and oxygen atoms in total. The van der Waals surface area contributed by atoms with Crippen LogP contribution in [0.4, 0.5) is 8.78 Å². The van der Waals surface area contributed by atoms with Crippen LogP contribution in [0.3, 0.4) is 0 Å². The summed E-state index contributed by atoms with van der Waals surface area (Å²) in [4.78, 5) is 20.7. The van der Waals surface area contributed by atoms with Crippen LogP contribution in [0.5, 0.6) is 0 Å². The number of rotatable bonds is 8. The second kappa shape index (κ2) is 10.8. The first kappa shape index (κ1) is 25.6. The molecule has 0 spiro atoms. The smallest absolute Gasteiger partial charge is 0.195 e. The van der Waals surface area contributed by atoms with Crippen molar-refractivity contribution in [3.8, 4) is 11.3 Å². The van der Waals surface area contributed by atoms with E-state index in [0.717, 1.165) is 71.6 Å². The number of halogens is 2. The lowest BCUT2D eigenvalue weighted by molar-refractivity contribution is 0.0940. The zero-order valence-corrected chi connectivity index (χ0v) is 22.6. The summed E-state index contributed by atoms with van der Waals surface area (Å²) in [6.07, 6.45) is 6.89. The molecule has 0 bridgehead atoms. The summed E-state index contributed by atoms with van der Waals surface area (Å²) < 4.78 is 31.5. The number of ketones is 1. The summed E-state index contributed by atoms with van der Waals surface area (Å²) in [5.41, 5.74) is 3.80. The van der Waals surface area contributed by atoms with Gasteiger partial charge >= 0.3 is 0 Å². The fourth-order valence-electron chi connectivity index (χ4n) is 5.97. The number of thiazole rings is 1. The van der Waals surface area contributed by atoms with E-state index in [1.54, 1.807) is 6.07 Å². The molecule has 4 heterocycles. The molecule has 2 aromatic heterocycles. The number of likely N-dealkylation sites (tertiary alicyclic amines) is 1. The van der Waals surface area contributed by atoms with Crippen molar-refractivity contribution in [2.45, 2.75) is 70.1 Å². The number of hydrogen-bond donors (Lipinski definition) is 1. The van der Waals surface area contributed by atoms with E-state index >= 15 is 4.39 Å². The van der Waals surface area contributed by atoms with Gasteiger partial charge in [-0.2, -0.15) is 0 Å². The number of hydrogen-bond acceptors (Lipinski definition) is 5. The van der Waals surface area contributed by atoms with Crippen molar-refractivity contribution in [1.29, 1.82) is 0 Å². The zero-order chi connectivity index (χ0) is 26.2. The molecule has 2 aliphatic rings. The second-order valence-electron chi connectivity index (χ2n) is 10.8. The first-order chi connectivity index (χ1) is 18.5. The summed E-state index contributed by atoms with van der Waals surface area (Å²) in [5.74, 6) is -0.103. The molecule has 200 valence electrons. The summed E-state index contributed by atoms with van der Waals surface area (Å²) in [6, 6.07) is 11.8. The Hall–Kier alpha value is -2.68. The molecule has 2 unspecified atom stereocenters. The number of imidazole rings is 1. The minimum absolute atomic E-state index is 0.146. The summed E-state index contributed by atoms with van der Waals surface area (Å²) in [6.45, 7) is 4.80. The molecule has 2 aliphatic heterocycles. The Morgan fingerprint density at radius 1 is 1.18 bits per heavy atom.